The van der Waals surface area contributed by atoms with Gasteiger partial charge in [-0.25, -0.2) is 0 Å². The molecule has 62 valence electrons. The molecule has 0 saturated heterocycles. The normalized spacial score (nSPS) is 16.7. The molecule has 3 nitrogen and oxygen atoms in total. The maximum Gasteiger partial charge on any atom is 0.342 e. The van der Waals surface area contributed by atoms with Crippen molar-refractivity contribution in [1.82, 2.24) is 0 Å². The van der Waals surface area contributed by atoms with Crippen molar-refractivity contribution >= 4 is 19.2 Å². The van der Waals surface area contributed by atoms with Crippen molar-refractivity contribution in [1.29, 1.82) is 0 Å². The molecule has 0 saturated carbocycles. The van der Waals surface area contributed by atoms with Crippen molar-refractivity contribution in [2.24, 2.45) is 0 Å². The summed E-state index contributed by atoms with van der Waals surface area (Å²) in [6.45, 7) is 2.29. The minimum Gasteiger partial charge on any atom is -0.323 e. The van der Waals surface area contributed by atoms with Gasteiger partial charge in [-0.1, -0.05) is 13.3 Å². The van der Waals surface area contributed by atoms with Crippen LogP contribution in [0.5, 0.6) is 0 Å². The SMILES string of the molecule is CCCCOP(=O)(O)CCl. The van der Waals surface area contributed by atoms with E-state index < -0.39 is 7.60 Å². The van der Waals surface area contributed by atoms with Crippen molar-refractivity contribution in [3.8, 4) is 0 Å². The fraction of sp³-hybridized carbons (Fsp3) is 1.00. The van der Waals surface area contributed by atoms with E-state index in [4.69, 9.17) is 16.5 Å². The number of alkyl halides is 1. The van der Waals surface area contributed by atoms with E-state index in [1.54, 1.807) is 0 Å². The Hall–Kier alpha value is 0.440. The summed E-state index contributed by atoms with van der Waals surface area (Å²) in [5, 5.41) is 0. The molecular weight excluding hydrogens is 174 g/mol. The number of hydrogen-bond donors (Lipinski definition) is 1. The lowest BCUT2D eigenvalue weighted by atomic mass is 10.4. The summed E-state index contributed by atoms with van der Waals surface area (Å²) in [4.78, 5) is 8.75. The number of hydrogen-bond acceptors (Lipinski definition) is 2. The third-order valence-electron chi connectivity index (χ3n) is 0.942. The van der Waals surface area contributed by atoms with Crippen LogP contribution < -0.4 is 0 Å². The molecule has 0 aliphatic carbocycles. The van der Waals surface area contributed by atoms with E-state index in [-0.39, 0.29) is 5.62 Å². The molecule has 1 atom stereocenters. The van der Waals surface area contributed by atoms with Gasteiger partial charge < -0.3 is 9.42 Å². The third-order valence-corrected chi connectivity index (χ3v) is 2.74. The topological polar surface area (TPSA) is 46.5 Å². The van der Waals surface area contributed by atoms with E-state index >= 15 is 0 Å². The largest absolute Gasteiger partial charge is 0.342 e. The first-order valence-corrected chi connectivity index (χ1v) is 5.44. The molecule has 1 N–H and O–H groups in total. The number of halogens is 1. The van der Waals surface area contributed by atoms with E-state index in [0.29, 0.717) is 6.61 Å². The van der Waals surface area contributed by atoms with E-state index in [0.717, 1.165) is 12.8 Å². The zero-order valence-corrected chi connectivity index (χ0v) is 7.57. The standard InChI is InChI=1S/C5H12ClO3P/c1-2-3-4-9-10(7,8)5-6/h2-5H2,1H3,(H,7,8). The molecule has 0 aromatic heterocycles. The molecule has 0 amide bonds. The van der Waals surface area contributed by atoms with Crippen LogP contribution >= 0.6 is 19.2 Å². The molecule has 0 rings (SSSR count). The van der Waals surface area contributed by atoms with Crippen LogP contribution in [0.3, 0.4) is 0 Å². The zero-order valence-electron chi connectivity index (χ0n) is 5.92. The lowest BCUT2D eigenvalue weighted by molar-refractivity contribution is 0.259. The minimum atomic E-state index is -3.44. The van der Waals surface area contributed by atoms with Gasteiger partial charge in [0.05, 0.1) is 6.61 Å². The average molecular weight is 187 g/mol. The van der Waals surface area contributed by atoms with Gasteiger partial charge in [-0.15, -0.1) is 11.6 Å². The molecule has 0 spiro atoms. The van der Waals surface area contributed by atoms with Crippen LogP contribution in [0.25, 0.3) is 0 Å². The Morgan fingerprint density at radius 1 is 1.70 bits per heavy atom. The predicted octanol–water partition coefficient (Wildman–Crippen LogP) is 2.18. The second-order valence-corrected chi connectivity index (χ2v) is 4.43. The van der Waals surface area contributed by atoms with Crippen LogP contribution in [-0.2, 0) is 9.09 Å². The van der Waals surface area contributed by atoms with Crippen molar-refractivity contribution in [3.05, 3.63) is 0 Å². The number of unbranched alkanes of at least 4 members (excludes halogenated alkanes) is 1. The summed E-state index contributed by atoms with van der Waals surface area (Å²) in [7, 11) is -3.44. The van der Waals surface area contributed by atoms with Gasteiger partial charge in [-0.05, 0) is 6.42 Å². The van der Waals surface area contributed by atoms with Gasteiger partial charge in [-0.3, -0.25) is 4.57 Å². The van der Waals surface area contributed by atoms with Crippen LogP contribution in [0.1, 0.15) is 19.8 Å². The highest BCUT2D eigenvalue weighted by molar-refractivity contribution is 7.54. The van der Waals surface area contributed by atoms with E-state index in [9.17, 15) is 4.57 Å². The minimum absolute atomic E-state index is 0.316. The fourth-order valence-electron chi connectivity index (χ4n) is 0.386. The van der Waals surface area contributed by atoms with Gasteiger partial charge in [0.1, 0.15) is 5.62 Å². The molecule has 0 fully saturated rings. The van der Waals surface area contributed by atoms with Gasteiger partial charge in [-0.2, -0.15) is 0 Å². The monoisotopic (exact) mass is 186 g/mol. The van der Waals surface area contributed by atoms with Crippen LogP contribution in [0, 0.1) is 0 Å². The summed E-state index contributed by atoms with van der Waals surface area (Å²) in [6.07, 6.45) is 1.74. The van der Waals surface area contributed by atoms with Crippen LogP contribution in [-0.4, -0.2) is 17.1 Å². The van der Waals surface area contributed by atoms with E-state index in [1.165, 1.54) is 0 Å². The second kappa shape index (κ2) is 5.14. The van der Waals surface area contributed by atoms with Crippen molar-refractivity contribution < 1.29 is 14.0 Å². The predicted molar refractivity (Wildman–Crippen MR) is 41.4 cm³/mol. The Kier molecular flexibility index (Phi) is 5.36. The summed E-state index contributed by atoms with van der Waals surface area (Å²) in [5.74, 6) is 0. The van der Waals surface area contributed by atoms with Crippen molar-refractivity contribution in [2.75, 3.05) is 12.2 Å². The van der Waals surface area contributed by atoms with E-state index in [2.05, 4.69) is 4.52 Å². The Bertz CT molecular complexity index is 128. The van der Waals surface area contributed by atoms with E-state index in [1.807, 2.05) is 6.92 Å². The summed E-state index contributed by atoms with van der Waals surface area (Å²) in [5.41, 5.74) is -0.323. The summed E-state index contributed by atoms with van der Waals surface area (Å²) >= 11 is 5.13. The molecule has 5 heteroatoms. The lowest BCUT2D eigenvalue weighted by Crippen LogP contribution is -1.92. The fourth-order valence-corrected chi connectivity index (χ4v) is 1.08. The Labute approximate surface area is 65.9 Å². The molecule has 0 aromatic carbocycles. The molecule has 0 aliphatic rings. The lowest BCUT2D eigenvalue weighted by Gasteiger charge is -2.06. The highest BCUT2D eigenvalue weighted by Crippen LogP contribution is 2.42. The first kappa shape index (κ1) is 10.4. The molecule has 0 aromatic rings. The molecule has 1 unspecified atom stereocenters. The molecule has 10 heavy (non-hydrogen) atoms. The van der Waals surface area contributed by atoms with Crippen LogP contribution in [0.15, 0.2) is 0 Å². The van der Waals surface area contributed by atoms with Crippen LogP contribution in [0.2, 0.25) is 0 Å². The van der Waals surface area contributed by atoms with Gasteiger partial charge in [0.25, 0.3) is 0 Å². The van der Waals surface area contributed by atoms with Gasteiger partial charge in [0, 0.05) is 0 Å². The number of rotatable bonds is 5. The maximum absolute atomic E-state index is 10.7. The smallest absolute Gasteiger partial charge is 0.323 e. The molecule has 0 bridgehead atoms. The average Bonchev–Trinajstić information content (AvgIpc) is 1.89. The first-order valence-electron chi connectivity index (χ1n) is 3.14. The molecule has 0 radical (unpaired) electrons. The van der Waals surface area contributed by atoms with Crippen molar-refractivity contribution in [3.63, 3.8) is 0 Å². The Morgan fingerprint density at radius 3 is 2.70 bits per heavy atom. The third kappa shape index (κ3) is 5.24. The highest BCUT2D eigenvalue weighted by atomic mass is 35.5. The highest BCUT2D eigenvalue weighted by Gasteiger charge is 2.15. The Morgan fingerprint density at radius 2 is 2.30 bits per heavy atom. The molecule has 0 heterocycles. The molecule has 0 aliphatic heterocycles. The molecular formula is C5H12ClO3P. The summed E-state index contributed by atoms with van der Waals surface area (Å²) < 4.78 is 15.3. The first-order chi connectivity index (χ1) is 4.62. The summed E-state index contributed by atoms with van der Waals surface area (Å²) in [6, 6.07) is 0. The second-order valence-electron chi connectivity index (χ2n) is 1.94. The van der Waals surface area contributed by atoms with Crippen LogP contribution in [0.4, 0.5) is 0 Å². The van der Waals surface area contributed by atoms with Gasteiger partial charge in [0.2, 0.25) is 0 Å². The van der Waals surface area contributed by atoms with Gasteiger partial charge >= 0.3 is 7.60 Å². The van der Waals surface area contributed by atoms with Crippen molar-refractivity contribution in [2.45, 2.75) is 19.8 Å². The maximum atomic E-state index is 10.7. The Balaban J connectivity index is 3.38. The van der Waals surface area contributed by atoms with Gasteiger partial charge in [0.15, 0.2) is 0 Å². The zero-order chi connectivity index (χ0) is 8.04. The quantitative estimate of drug-likeness (QED) is 0.407.